The van der Waals surface area contributed by atoms with Gasteiger partial charge in [0.1, 0.15) is 23.1 Å². The number of hydrogen-bond acceptors (Lipinski definition) is 6. The molecule has 0 aliphatic rings. The molecule has 0 bridgehead atoms. The molecule has 2 aromatic carbocycles. The minimum Gasteiger partial charge on any atom is -0.508 e. The predicted molar refractivity (Wildman–Crippen MR) is 109 cm³/mol. The van der Waals surface area contributed by atoms with Crippen LogP contribution in [0.3, 0.4) is 0 Å². The number of fused-ring (bicyclic) bond motifs is 1. The second-order valence-electron chi connectivity index (χ2n) is 7.16. The molecule has 3 aromatic rings. The Morgan fingerprint density at radius 1 is 1.10 bits per heavy atom. The van der Waals surface area contributed by atoms with Crippen molar-refractivity contribution in [1.29, 1.82) is 0 Å². The third kappa shape index (κ3) is 4.43. The minimum absolute atomic E-state index is 0.00667. The maximum absolute atomic E-state index is 12.5. The first kappa shape index (κ1) is 20.9. The Bertz CT molecular complexity index is 1180. The van der Waals surface area contributed by atoms with Gasteiger partial charge in [-0.3, -0.25) is 4.79 Å². The van der Waals surface area contributed by atoms with Gasteiger partial charge in [-0.1, -0.05) is 12.1 Å². The molecule has 4 N–H and O–H groups in total. The van der Waals surface area contributed by atoms with Crippen LogP contribution in [0.25, 0.3) is 11.0 Å². The van der Waals surface area contributed by atoms with Gasteiger partial charge in [-0.05, 0) is 54.8 Å². The van der Waals surface area contributed by atoms with E-state index < -0.39 is 30.0 Å². The van der Waals surface area contributed by atoms with Gasteiger partial charge in [0, 0.05) is 6.42 Å². The van der Waals surface area contributed by atoms with Gasteiger partial charge in [0.05, 0.1) is 17.4 Å². The Labute approximate surface area is 171 Å². The molecule has 8 nitrogen and oxygen atoms in total. The smallest absolute Gasteiger partial charge is 0.340 e. The molecular weight excluding hydrogens is 390 g/mol. The van der Waals surface area contributed by atoms with Crippen LogP contribution in [-0.4, -0.2) is 33.2 Å². The highest BCUT2D eigenvalue weighted by atomic mass is 16.4. The molecule has 0 aliphatic heterocycles. The second-order valence-corrected chi connectivity index (χ2v) is 7.16. The van der Waals surface area contributed by atoms with E-state index in [1.54, 1.807) is 32.0 Å². The first-order valence-corrected chi connectivity index (χ1v) is 9.21. The molecule has 1 heterocycles. The van der Waals surface area contributed by atoms with E-state index in [0.717, 1.165) is 0 Å². The Morgan fingerprint density at radius 3 is 2.40 bits per heavy atom. The molecule has 30 heavy (non-hydrogen) atoms. The molecule has 8 heteroatoms. The zero-order valence-corrected chi connectivity index (χ0v) is 16.4. The van der Waals surface area contributed by atoms with Crippen molar-refractivity contribution < 1.29 is 29.3 Å². The van der Waals surface area contributed by atoms with Crippen molar-refractivity contribution in [1.82, 2.24) is 5.32 Å². The molecule has 0 saturated heterocycles. The normalized spacial score (nSPS) is 11.9. The van der Waals surface area contributed by atoms with Crippen molar-refractivity contribution in [3.63, 3.8) is 0 Å². The maximum atomic E-state index is 12.5. The Hall–Kier alpha value is -3.81. The van der Waals surface area contributed by atoms with E-state index in [4.69, 9.17) is 4.42 Å². The largest absolute Gasteiger partial charge is 0.508 e. The highest BCUT2D eigenvalue weighted by Gasteiger charge is 2.23. The molecule has 0 unspecified atom stereocenters. The van der Waals surface area contributed by atoms with E-state index in [0.29, 0.717) is 22.1 Å². The summed E-state index contributed by atoms with van der Waals surface area (Å²) in [6.45, 7) is 3.35. The number of aromatic hydroxyl groups is 2. The van der Waals surface area contributed by atoms with E-state index >= 15 is 0 Å². The fourth-order valence-electron chi connectivity index (χ4n) is 3.34. The third-order valence-corrected chi connectivity index (χ3v) is 4.85. The highest BCUT2D eigenvalue weighted by Crippen LogP contribution is 2.29. The van der Waals surface area contributed by atoms with E-state index in [1.807, 2.05) is 0 Å². The SMILES string of the molecule is Cc1cc(O)c2c(C)c(CC(=O)N[C@@H](Cc3ccc(O)cc3)C(=O)O)c(=O)oc2c1. The van der Waals surface area contributed by atoms with Gasteiger partial charge in [-0.25, -0.2) is 9.59 Å². The molecule has 0 saturated carbocycles. The number of hydrogen-bond donors (Lipinski definition) is 4. The molecule has 1 atom stereocenters. The van der Waals surface area contributed by atoms with Crippen molar-refractivity contribution in [3.05, 3.63) is 69.1 Å². The van der Waals surface area contributed by atoms with Crippen LogP contribution in [0, 0.1) is 13.8 Å². The van der Waals surface area contributed by atoms with E-state index in [2.05, 4.69) is 5.32 Å². The number of nitrogens with one attached hydrogen (secondary N) is 1. The molecule has 156 valence electrons. The standard InChI is InChI=1S/C22H21NO7/c1-11-7-17(25)20-12(2)15(22(29)30-18(20)8-11)10-19(26)23-16(21(27)28)9-13-3-5-14(24)6-4-13/h3-8,16,24-25H,9-10H2,1-2H3,(H,23,26)(H,27,28)/t16-/m0/s1. The van der Waals surface area contributed by atoms with Crippen LogP contribution >= 0.6 is 0 Å². The predicted octanol–water partition coefficient (Wildman–Crippen LogP) is 2.18. The van der Waals surface area contributed by atoms with E-state index in [9.17, 15) is 29.7 Å². The van der Waals surface area contributed by atoms with E-state index in [-0.39, 0.29) is 29.1 Å². The summed E-state index contributed by atoms with van der Waals surface area (Å²) >= 11 is 0. The zero-order valence-electron chi connectivity index (χ0n) is 16.4. The lowest BCUT2D eigenvalue weighted by atomic mass is 10.0. The molecule has 0 spiro atoms. The molecule has 0 fully saturated rings. The van der Waals surface area contributed by atoms with Crippen LogP contribution in [0.5, 0.6) is 11.5 Å². The summed E-state index contributed by atoms with van der Waals surface area (Å²) in [7, 11) is 0. The van der Waals surface area contributed by atoms with Crippen LogP contribution in [0.4, 0.5) is 0 Å². The number of aryl methyl sites for hydroxylation is 2. The molecule has 0 radical (unpaired) electrons. The van der Waals surface area contributed by atoms with Crippen molar-refractivity contribution in [2.75, 3.05) is 0 Å². The number of aliphatic carboxylic acids is 1. The van der Waals surface area contributed by atoms with Gasteiger partial charge in [-0.2, -0.15) is 0 Å². The number of phenols is 2. The zero-order chi connectivity index (χ0) is 22.0. The lowest BCUT2D eigenvalue weighted by molar-refractivity contribution is -0.141. The molecule has 1 aromatic heterocycles. The third-order valence-electron chi connectivity index (χ3n) is 4.85. The average Bonchev–Trinajstić information content (AvgIpc) is 2.65. The number of carbonyl (C=O) groups excluding carboxylic acids is 1. The summed E-state index contributed by atoms with van der Waals surface area (Å²) in [6.07, 6.45) is -0.385. The monoisotopic (exact) mass is 411 g/mol. The summed E-state index contributed by atoms with van der Waals surface area (Å²) < 4.78 is 5.26. The lowest BCUT2D eigenvalue weighted by Gasteiger charge is -2.15. The number of carboxylic acids is 1. The van der Waals surface area contributed by atoms with Gasteiger partial charge in [-0.15, -0.1) is 0 Å². The van der Waals surface area contributed by atoms with Crippen molar-refractivity contribution in [2.45, 2.75) is 32.7 Å². The lowest BCUT2D eigenvalue weighted by Crippen LogP contribution is -2.43. The van der Waals surface area contributed by atoms with Gasteiger partial charge in [0.25, 0.3) is 0 Å². The van der Waals surface area contributed by atoms with Crippen LogP contribution in [0.2, 0.25) is 0 Å². The average molecular weight is 411 g/mol. The summed E-state index contributed by atoms with van der Waals surface area (Å²) in [5, 5.41) is 31.7. The van der Waals surface area contributed by atoms with E-state index in [1.165, 1.54) is 18.2 Å². The minimum atomic E-state index is -1.23. The van der Waals surface area contributed by atoms with Crippen LogP contribution < -0.4 is 10.9 Å². The number of carboxylic acid groups (broad SMARTS) is 1. The number of amides is 1. The molecule has 0 aliphatic carbocycles. The van der Waals surface area contributed by atoms with Gasteiger partial charge in [0.2, 0.25) is 5.91 Å². The topological polar surface area (TPSA) is 137 Å². The molecule has 1 amide bonds. The summed E-state index contributed by atoms with van der Waals surface area (Å²) in [5.74, 6) is -1.91. The quantitative estimate of drug-likeness (QED) is 0.456. The van der Waals surface area contributed by atoms with Crippen molar-refractivity contribution in [2.24, 2.45) is 0 Å². The van der Waals surface area contributed by atoms with Gasteiger partial charge >= 0.3 is 11.6 Å². The van der Waals surface area contributed by atoms with Gasteiger partial charge < -0.3 is 25.1 Å². The van der Waals surface area contributed by atoms with Gasteiger partial charge in [0.15, 0.2) is 0 Å². The molecule has 3 rings (SSSR count). The molecular formula is C22H21NO7. The first-order valence-electron chi connectivity index (χ1n) is 9.21. The van der Waals surface area contributed by atoms with Crippen molar-refractivity contribution >= 4 is 22.8 Å². The number of rotatable bonds is 6. The van der Waals surface area contributed by atoms with Crippen LogP contribution in [-0.2, 0) is 22.4 Å². The first-order chi connectivity index (χ1) is 14.2. The Kier molecular flexibility index (Phi) is 5.77. The maximum Gasteiger partial charge on any atom is 0.340 e. The summed E-state index contributed by atoms with van der Waals surface area (Å²) in [4.78, 5) is 36.4. The highest BCUT2D eigenvalue weighted by molar-refractivity contribution is 5.90. The fraction of sp³-hybridized carbons (Fsp3) is 0.227. The summed E-state index contributed by atoms with van der Waals surface area (Å²) in [5.41, 5.74) is 1.28. The summed E-state index contributed by atoms with van der Waals surface area (Å²) in [6, 6.07) is 7.89. The van der Waals surface area contributed by atoms with Crippen LogP contribution in [0.1, 0.15) is 22.3 Å². The van der Waals surface area contributed by atoms with Crippen LogP contribution in [0.15, 0.2) is 45.6 Å². The Morgan fingerprint density at radius 2 is 1.77 bits per heavy atom. The fourth-order valence-corrected chi connectivity index (χ4v) is 3.34. The number of carbonyl (C=O) groups is 2. The second kappa shape index (κ2) is 8.28. The Balaban J connectivity index is 1.83. The number of benzene rings is 2. The number of phenolic OH excluding ortho intramolecular Hbond substituents is 2. The van der Waals surface area contributed by atoms with Crippen molar-refractivity contribution in [3.8, 4) is 11.5 Å².